The quantitative estimate of drug-likeness (QED) is 0.433. The molecular formula is C24H25ClN4O3S. The van der Waals surface area contributed by atoms with Crippen molar-refractivity contribution in [3.05, 3.63) is 69.1 Å². The van der Waals surface area contributed by atoms with E-state index in [1.54, 1.807) is 48.5 Å². The minimum absolute atomic E-state index is 0.115. The lowest BCUT2D eigenvalue weighted by Gasteiger charge is -2.16. The van der Waals surface area contributed by atoms with E-state index in [2.05, 4.69) is 20.8 Å². The predicted octanol–water partition coefficient (Wildman–Crippen LogP) is 5.48. The maximum Gasteiger partial charge on any atom is 0.286 e. The number of amides is 2. The van der Waals surface area contributed by atoms with Gasteiger partial charge in [-0.15, -0.1) is 10.2 Å². The topological polar surface area (TPSA) is 93.2 Å². The van der Waals surface area contributed by atoms with Crippen molar-refractivity contribution in [3.63, 3.8) is 0 Å². The summed E-state index contributed by atoms with van der Waals surface area (Å²) in [6.45, 7) is 0.198. The summed E-state index contributed by atoms with van der Waals surface area (Å²) in [4.78, 5) is 25.3. The number of carbonyl (C=O) groups excluding carboxylic acids is 2. The molecule has 2 amide bonds. The molecule has 1 fully saturated rings. The molecule has 172 valence electrons. The number of hydrogen-bond donors (Lipinski definition) is 2. The molecule has 0 atom stereocenters. The summed E-state index contributed by atoms with van der Waals surface area (Å²) in [7, 11) is 0. The highest BCUT2D eigenvalue weighted by Gasteiger charge is 2.17. The van der Waals surface area contributed by atoms with E-state index in [4.69, 9.17) is 16.3 Å². The molecule has 9 heteroatoms. The standard InChI is InChI=1S/C24H25ClN4O3S/c25-17-10-12-20(13-11-17)32-15-21-28-29-24(33-21)23(31)27-19-9-5-6-16(14-19)22(30)26-18-7-3-1-2-4-8-18/h5-6,9-14,18H,1-4,7-8,15H2,(H,26,30)(H,27,31). The van der Waals surface area contributed by atoms with Crippen LogP contribution in [0.3, 0.4) is 0 Å². The second-order valence-corrected chi connectivity index (χ2v) is 9.44. The summed E-state index contributed by atoms with van der Waals surface area (Å²) in [6.07, 6.45) is 6.79. The molecule has 0 saturated heterocycles. The van der Waals surface area contributed by atoms with Crippen molar-refractivity contribution in [2.75, 3.05) is 5.32 Å². The lowest BCUT2D eigenvalue weighted by Crippen LogP contribution is -2.34. The highest BCUT2D eigenvalue weighted by Crippen LogP contribution is 2.20. The third-order valence-corrected chi connectivity index (χ3v) is 6.56. The van der Waals surface area contributed by atoms with Gasteiger partial charge in [-0.25, -0.2) is 0 Å². The van der Waals surface area contributed by atoms with E-state index >= 15 is 0 Å². The summed E-state index contributed by atoms with van der Waals surface area (Å²) in [5.41, 5.74) is 1.05. The van der Waals surface area contributed by atoms with E-state index in [-0.39, 0.29) is 29.5 Å². The molecule has 1 aliphatic rings. The van der Waals surface area contributed by atoms with Crippen LogP contribution in [-0.2, 0) is 6.61 Å². The Morgan fingerprint density at radius 1 is 1.00 bits per heavy atom. The van der Waals surface area contributed by atoms with Crippen molar-refractivity contribution in [2.24, 2.45) is 0 Å². The summed E-state index contributed by atoms with van der Waals surface area (Å²) >= 11 is 7.02. The summed E-state index contributed by atoms with van der Waals surface area (Å²) in [5.74, 6) is 0.154. The second-order valence-electron chi connectivity index (χ2n) is 7.94. The summed E-state index contributed by atoms with van der Waals surface area (Å²) in [5, 5.41) is 15.3. The normalized spacial score (nSPS) is 14.3. The number of anilines is 1. The molecule has 1 heterocycles. The van der Waals surface area contributed by atoms with Crippen molar-refractivity contribution >= 4 is 40.4 Å². The molecule has 0 radical (unpaired) electrons. The van der Waals surface area contributed by atoms with Gasteiger partial charge in [-0.1, -0.05) is 54.7 Å². The van der Waals surface area contributed by atoms with Crippen LogP contribution < -0.4 is 15.4 Å². The molecule has 3 aromatic rings. The fourth-order valence-electron chi connectivity index (χ4n) is 3.69. The van der Waals surface area contributed by atoms with Crippen molar-refractivity contribution in [2.45, 2.75) is 51.2 Å². The number of hydrogen-bond acceptors (Lipinski definition) is 6. The van der Waals surface area contributed by atoms with Crippen LogP contribution in [0.1, 0.15) is 63.7 Å². The number of nitrogens with one attached hydrogen (secondary N) is 2. The maximum atomic E-state index is 12.7. The predicted molar refractivity (Wildman–Crippen MR) is 129 cm³/mol. The molecule has 4 rings (SSSR count). The molecule has 2 N–H and O–H groups in total. The Morgan fingerprint density at radius 2 is 1.76 bits per heavy atom. The van der Waals surface area contributed by atoms with Gasteiger partial charge in [0.15, 0.2) is 5.01 Å². The van der Waals surface area contributed by atoms with Gasteiger partial charge < -0.3 is 15.4 Å². The number of nitrogens with zero attached hydrogens (tertiary/aromatic N) is 2. The molecule has 33 heavy (non-hydrogen) atoms. The second kappa shape index (κ2) is 11.2. The van der Waals surface area contributed by atoms with E-state index < -0.39 is 0 Å². The highest BCUT2D eigenvalue weighted by atomic mass is 35.5. The van der Waals surface area contributed by atoms with Gasteiger partial charge in [0.05, 0.1) is 0 Å². The van der Waals surface area contributed by atoms with Gasteiger partial charge in [0.25, 0.3) is 11.8 Å². The van der Waals surface area contributed by atoms with Gasteiger partial charge in [-0.3, -0.25) is 9.59 Å². The smallest absolute Gasteiger partial charge is 0.286 e. The van der Waals surface area contributed by atoms with Crippen LogP contribution in [-0.4, -0.2) is 28.1 Å². The minimum atomic E-state index is -0.383. The lowest BCUT2D eigenvalue weighted by atomic mass is 10.1. The first-order valence-electron chi connectivity index (χ1n) is 11.0. The fraction of sp³-hybridized carbons (Fsp3) is 0.333. The first kappa shape index (κ1) is 23.2. The largest absolute Gasteiger partial charge is 0.486 e. The van der Waals surface area contributed by atoms with Crippen LogP contribution in [0, 0.1) is 0 Å². The number of ether oxygens (including phenoxy) is 1. The minimum Gasteiger partial charge on any atom is -0.486 e. The third kappa shape index (κ3) is 6.76. The van der Waals surface area contributed by atoms with Crippen LogP contribution >= 0.6 is 22.9 Å². The maximum absolute atomic E-state index is 12.7. The Bertz CT molecular complexity index is 1100. The summed E-state index contributed by atoms with van der Waals surface area (Å²) < 4.78 is 5.64. The number of benzene rings is 2. The Kier molecular flexibility index (Phi) is 7.91. The molecule has 7 nitrogen and oxygen atoms in total. The molecule has 0 spiro atoms. The molecule has 0 bridgehead atoms. The van der Waals surface area contributed by atoms with Crippen LogP contribution in [0.15, 0.2) is 48.5 Å². The molecule has 1 aromatic heterocycles. The number of halogens is 1. The zero-order valence-corrected chi connectivity index (χ0v) is 19.6. The van der Waals surface area contributed by atoms with Gasteiger partial charge in [-0.05, 0) is 55.3 Å². The van der Waals surface area contributed by atoms with Gasteiger partial charge in [0, 0.05) is 22.3 Å². The molecule has 2 aromatic carbocycles. The Balaban J connectivity index is 1.32. The SMILES string of the molecule is O=C(NC1CCCCCC1)c1cccc(NC(=O)c2nnc(COc3ccc(Cl)cc3)s2)c1. The average Bonchev–Trinajstić information content (AvgIpc) is 3.16. The van der Waals surface area contributed by atoms with E-state index in [1.807, 2.05) is 0 Å². The first-order valence-corrected chi connectivity index (χ1v) is 12.2. The van der Waals surface area contributed by atoms with E-state index in [9.17, 15) is 9.59 Å². The van der Waals surface area contributed by atoms with Crippen molar-refractivity contribution in [1.82, 2.24) is 15.5 Å². The fourth-order valence-corrected chi connectivity index (χ4v) is 4.47. The molecule has 0 aliphatic heterocycles. The van der Waals surface area contributed by atoms with Crippen LogP contribution in [0.5, 0.6) is 5.75 Å². The molecule has 0 unspecified atom stereocenters. The van der Waals surface area contributed by atoms with E-state index in [1.165, 1.54) is 12.8 Å². The van der Waals surface area contributed by atoms with E-state index in [0.29, 0.717) is 27.0 Å². The van der Waals surface area contributed by atoms with Gasteiger partial charge >= 0.3 is 0 Å². The average molecular weight is 485 g/mol. The van der Waals surface area contributed by atoms with E-state index in [0.717, 1.165) is 37.0 Å². The van der Waals surface area contributed by atoms with Gasteiger partial charge in [-0.2, -0.15) is 0 Å². The zero-order chi connectivity index (χ0) is 23.0. The van der Waals surface area contributed by atoms with Crippen LogP contribution in [0.4, 0.5) is 5.69 Å². The van der Waals surface area contributed by atoms with Crippen molar-refractivity contribution in [3.8, 4) is 5.75 Å². The van der Waals surface area contributed by atoms with Crippen LogP contribution in [0.2, 0.25) is 5.02 Å². The molecule has 1 saturated carbocycles. The first-order chi connectivity index (χ1) is 16.1. The van der Waals surface area contributed by atoms with Crippen molar-refractivity contribution in [1.29, 1.82) is 0 Å². The monoisotopic (exact) mass is 484 g/mol. The summed E-state index contributed by atoms with van der Waals surface area (Å²) in [6, 6.07) is 14.1. The third-order valence-electron chi connectivity index (χ3n) is 5.41. The molecular weight excluding hydrogens is 460 g/mol. The Labute approximate surface area is 201 Å². The van der Waals surface area contributed by atoms with Gasteiger partial charge in [0.1, 0.15) is 12.4 Å². The number of aromatic nitrogens is 2. The van der Waals surface area contributed by atoms with Crippen molar-refractivity contribution < 1.29 is 14.3 Å². The lowest BCUT2D eigenvalue weighted by molar-refractivity contribution is 0.0932. The Morgan fingerprint density at radius 3 is 2.52 bits per heavy atom. The molecule has 1 aliphatic carbocycles. The van der Waals surface area contributed by atoms with Gasteiger partial charge in [0.2, 0.25) is 5.01 Å². The number of rotatable bonds is 7. The Hall–Kier alpha value is -2.97. The van der Waals surface area contributed by atoms with Crippen LogP contribution in [0.25, 0.3) is 0 Å². The zero-order valence-electron chi connectivity index (χ0n) is 18.1. The highest BCUT2D eigenvalue weighted by molar-refractivity contribution is 7.13. The number of carbonyl (C=O) groups is 2.